The summed E-state index contributed by atoms with van der Waals surface area (Å²) >= 11 is 0. The normalized spacial score (nSPS) is 17.1. The number of hydrogen-bond acceptors (Lipinski definition) is 2. The second kappa shape index (κ2) is 5.90. The number of hydrogen-bond donors (Lipinski definition) is 1. The van der Waals surface area contributed by atoms with Crippen molar-refractivity contribution < 1.29 is 4.74 Å². The second-order valence-corrected chi connectivity index (χ2v) is 4.63. The van der Waals surface area contributed by atoms with Crippen LogP contribution in [0.15, 0.2) is 30.3 Å². The smallest absolute Gasteiger partial charge is 0.119 e. The van der Waals surface area contributed by atoms with Gasteiger partial charge in [-0.05, 0) is 37.9 Å². The van der Waals surface area contributed by atoms with Crippen molar-refractivity contribution in [1.82, 2.24) is 5.32 Å². The zero-order valence-electron chi connectivity index (χ0n) is 9.99. The van der Waals surface area contributed by atoms with Gasteiger partial charge in [-0.15, -0.1) is 0 Å². The Hall–Kier alpha value is -1.02. The molecule has 88 valence electrons. The van der Waals surface area contributed by atoms with Crippen molar-refractivity contribution in [2.45, 2.75) is 31.7 Å². The minimum atomic E-state index is 0.487. The number of rotatable bonds is 7. The summed E-state index contributed by atoms with van der Waals surface area (Å²) in [7, 11) is 2.02. The molecule has 0 spiro atoms. The molecule has 0 heterocycles. The lowest BCUT2D eigenvalue weighted by molar-refractivity contribution is 0.259. The zero-order chi connectivity index (χ0) is 11.2. The maximum Gasteiger partial charge on any atom is 0.119 e. The standard InChI is InChI=1S/C14H21NO/c1-15-13(10-9-12-7-8-12)11-16-14-5-3-2-4-6-14/h2-6,12-13,15H,7-11H2,1H3. The fourth-order valence-electron chi connectivity index (χ4n) is 1.87. The van der Waals surface area contributed by atoms with Crippen LogP contribution in [0.2, 0.25) is 0 Å². The molecule has 1 aliphatic rings. The van der Waals surface area contributed by atoms with Gasteiger partial charge < -0.3 is 10.1 Å². The highest BCUT2D eigenvalue weighted by atomic mass is 16.5. The molecule has 0 aromatic heterocycles. The molecule has 0 radical (unpaired) electrons. The van der Waals surface area contributed by atoms with Gasteiger partial charge in [-0.2, -0.15) is 0 Å². The van der Waals surface area contributed by atoms with Gasteiger partial charge in [0.2, 0.25) is 0 Å². The molecule has 2 heteroatoms. The molecule has 1 saturated carbocycles. The minimum absolute atomic E-state index is 0.487. The van der Waals surface area contributed by atoms with Crippen LogP contribution in [0.4, 0.5) is 0 Å². The molecule has 1 aromatic carbocycles. The van der Waals surface area contributed by atoms with Crippen LogP contribution in [0.5, 0.6) is 5.75 Å². The molecular weight excluding hydrogens is 198 g/mol. The van der Waals surface area contributed by atoms with Crippen LogP contribution in [0.1, 0.15) is 25.7 Å². The first kappa shape index (κ1) is 11.5. The fourth-order valence-corrected chi connectivity index (χ4v) is 1.87. The molecule has 1 fully saturated rings. The summed E-state index contributed by atoms with van der Waals surface area (Å²) in [5.41, 5.74) is 0. The SMILES string of the molecule is CNC(CCC1CC1)COc1ccccc1. The predicted octanol–water partition coefficient (Wildman–Crippen LogP) is 2.84. The maximum absolute atomic E-state index is 5.75. The molecule has 0 amide bonds. The summed E-state index contributed by atoms with van der Waals surface area (Å²) in [5.74, 6) is 1.97. The van der Waals surface area contributed by atoms with Crippen LogP contribution < -0.4 is 10.1 Å². The van der Waals surface area contributed by atoms with E-state index in [-0.39, 0.29) is 0 Å². The van der Waals surface area contributed by atoms with Crippen molar-refractivity contribution in [3.63, 3.8) is 0 Å². The Balaban J connectivity index is 1.69. The van der Waals surface area contributed by atoms with Gasteiger partial charge in [0.1, 0.15) is 12.4 Å². The van der Waals surface area contributed by atoms with E-state index in [1.54, 1.807) is 0 Å². The van der Waals surface area contributed by atoms with Gasteiger partial charge in [0.25, 0.3) is 0 Å². The first-order chi connectivity index (χ1) is 7.88. The van der Waals surface area contributed by atoms with Gasteiger partial charge in [0.15, 0.2) is 0 Å². The Bertz CT molecular complexity index is 295. The van der Waals surface area contributed by atoms with Crippen LogP contribution in [0, 0.1) is 5.92 Å². The molecule has 1 unspecified atom stereocenters. The average molecular weight is 219 g/mol. The molecule has 0 bridgehead atoms. The van der Waals surface area contributed by atoms with Crippen LogP contribution in [-0.2, 0) is 0 Å². The van der Waals surface area contributed by atoms with Crippen molar-refractivity contribution in [3.8, 4) is 5.75 Å². The van der Waals surface area contributed by atoms with Crippen LogP contribution in [0.25, 0.3) is 0 Å². The van der Waals surface area contributed by atoms with Gasteiger partial charge in [-0.3, -0.25) is 0 Å². The molecule has 1 aromatic rings. The highest BCUT2D eigenvalue weighted by molar-refractivity contribution is 5.20. The number of para-hydroxylation sites is 1. The molecule has 1 atom stereocenters. The van der Waals surface area contributed by atoms with E-state index in [2.05, 4.69) is 5.32 Å². The first-order valence-corrected chi connectivity index (χ1v) is 6.23. The molecular formula is C14H21NO. The van der Waals surface area contributed by atoms with Crippen molar-refractivity contribution in [2.24, 2.45) is 5.92 Å². The van der Waals surface area contributed by atoms with Gasteiger partial charge in [-0.1, -0.05) is 31.0 Å². The van der Waals surface area contributed by atoms with Crippen molar-refractivity contribution in [3.05, 3.63) is 30.3 Å². The molecule has 0 saturated heterocycles. The van der Waals surface area contributed by atoms with Crippen LogP contribution in [-0.4, -0.2) is 19.7 Å². The van der Waals surface area contributed by atoms with Gasteiger partial charge in [0, 0.05) is 6.04 Å². The average Bonchev–Trinajstić information content (AvgIpc) is 3.15. The Morgan fingerprint density at radius 2 is 2.06 bits per heavy atom. The Morgan fingerprint density at radius 3 is 2.69 bits per heavy atom. The topological polar surface area (TPSA) is 21.3 Å². The lowest BCUT2D eigenvalue weighted by atomic mass is 10.1. The highest BCUT2D eigenvalue weighted by Crippen LogP contribution is 2.33. The number of nitrogens with one attached hydrogen (secondary N) is 1. The molecule has 0 aliphatic heterocycles. The summed E-state index contributed by atoms with van der Waals surface area (Å²) in [6.07, 6.45) is 5.46. The Kier molecular flexibility index (Phi) is 4.23. The lowest BCUT2D eigenvalue weighted by Gasteiger charge is -2.16. The van der Waals surface area contributed by atoms with E-state index in [0.717, 1.165) is 18.3 Å². The third kappa shape index (κ3) is 3.86. The van der Waals surface area contributed by atoms with E-state index in [9.17, 15) is 0 Å². The third-order valence-electron chi connectivity index (χ3n) is 3.22. The molecule has 2 nitrogen and oxygen atoms in total. The maximum atomic E-state index is 5.75. The summed E-state index contributed by atoms with van der Waals surface area (Å²) < 4.78 is 5.75. The number of likely N-dealkylation sites (N-methyl/N-ethyl adjacent to an activating group) is 1. The largest absolute Gasteiger partial charge is 0.492 e. The van der Waals surface area contributed by atoms with Crippen molar-refractivity contribution >= 4 is 0 Å². The second-order valence-electron chi connectivity index (χ2n) is 4.63. The van der Waals surface area contributed by atoms with E-state index in [1.807, 2.05) is 37.4 Å². The van der Waals surface area contributed by atoms with E-state index in [1.165, 1.54) is 25.7 Å². The summed E-state index contributed by atoms with van der Waals surface area (Å²) in [4.78, 5) is 0. The minimum Gasteiger partial charge on any atom is -0.492 e. The summed E-state index contributed by atoms with van der Waals surface area (Å²) in [6, 6.07) is 10.5. The quantitative estimate of drug-likeness (QED) is 0.761. The van der Waals surface area contributed by atoms with Gasteiger partial charge >= 0.3 is 0 Å². The lowest BCUT2D eigenvalue weighted by Crippen LogP contribution is -2.31. The van der Waals surface area contributed by atoms with Gasteiger partial charge in [0.05, 0.1) is 0 Å². The van der Waals surface area contributed by atoms with Crippen molar-refractivity contribution in [1.29, 1.82) is 0 Å². The predicted molar refractivity (Wildman–Crippen MR) is 66.7 cm³/mol. The van der Waals surface area contributed by atoms with Crippen molar-refractivity contribution in [2.75, 3.05) is 13.7 Å². The van der Waals surface area contributed by atoms with E-state index < -0.39 is 0 Å². The summed E-state index contributed by atoms with van der Waals surface area (Å²) in [6.45, 7) is 0.771. The third-order valence-corrected chi connectivity index (χ3v) is 3.22. The first-order valence-electron chi connectivity index (χ1n) is 6.23. The highest BCUT2D eigenvalue weighted by Gasteiger charge is 2.22. The van der Waals surface area contributed by atoms with Crippen LogP contribution in [0.3, 0.4) is 0 Å². The zero-order valence-corrected chi connectivity index (χ0v) is 9.99. The van der Waals surface area contributed by atoms with Crippen LogP contribution >= 0.6 is 0 Å². The van der Waals surface area contributed by atoms with E-state index in [0.29, 0.717) is 6.04 Å². The fraction of sp³-hybridized carbons (Fsp3) is 0.571. The Morgan fingerprint density at radius 1 is 1.31 bits per heavy atom. The van der Waals surface area contributed by atoms with E-state index in [4.69, 9.17) is 4.74 Å². The molecule has 16 heavy (non-hydrogen) atoms. The molecule has 1 N–H and O–H groups in total. The Labute approximate surface area is 98.0 Å². The molecule has 1 aliphatic carbocycles. The monoisotopic (exact) mass is 219 g/mol. The number of ether oxygens (including phenoxy) is 1. The summed E-state index contributed by atoms with van der Waals surface area (Å²) in [5, 5.41) is 3.33. The van der Waals surface area contributed by atoms with Gasteiger partial charge in [-0.25, -0.2) is 0 Å². The molecule has 2 rings (SSSR count). The number of benzene rings is 1. The van der Waals surface area contributed by atoms with E-state index >= 15 is 0 Å².